The third-order valence-corrected chi connectivity index (χ3v) is 8.24. The Balaban J connectivity index is 1.16. The Labute approximate surface area is 242 Å². The summed E-state index contributed by atoms with van der Waals surface area (Å²) in [4.78, 5) is 4.70. The van der Waals surface area contributed by atoms with E-state index < -0.39 is 0 Å². The molecule has 39 heavy (non-hydrogen) atoms. The van der Waals surface area contributed by atoms with Crippen molar-refractivity contribution in [1.82, 2.24) is 0 Å². The minimum Gasteiger partial charge on any atom is -0.493 e. The molecule has 2 aliphatic rings. The first-order valence-corrected chi connectivity index (χ1v) is 14.2. The highest BCUT2D eigenvalue weighted by Gasteiger charge is 2.37. The lowest BCUT2D eigenvalue weighted by atomic mass is 9.77. The lowest BCUT2D eigenvalue weighted by molar-refractivity contribution is 0.284. The van der Waals surface area contributed by atoms with Crippen LogP contribution < -0.4 is 14.8 Å². The highest BCUT2D eigenvalue weighted by molar-refractivity contribution is 9.10. The standard InChI is InChI=1S/C33H28BrClN2O2/c1-38-31-18-22(17-29(35)33(31)39-20-21-9-13-24(34)14-10-21)19-36-25-15-11-23(12-16-25)32-28-7-4-6-26(28)27-5-2-3-8-30(27)37-32/h2-6,8-19,26,28,32,37H,7,20H2,1H3/t26-,28+,32-/m0/s1. The van der Waals surface area contributed by atoms with Crippen LogP contribution in [-0.2, 0) is 6.61 Å². The van der Waals surface area contributed by atoms with Gasteiger partial charge in [-0.1, -0.05) is 82.1 Å². The SMILES string of the molecule is COc1cc(C=Nc2ccc([C@@H]3Nc4ccccc4[C@@H]4C=CC[C@H]43)cc2)cc(Cl)c1OCc1ccc(Br)cc1. The predicted octanol–water partition coefficient (Wildman–Crippen LogP) is 9.27. The highest BCUT2D eigenvalue weighted by Crippen LogP contribution is 2.49. The number of ether oxygens (including phenoxy) is 2. The highest BCUT2D eigenvalue weighted by atomic mass is 79.9. The second-order valence-electron chi connectivity index (χ2n) is 9.86. The first-order chi connectivity index (χ1) is 19.1. The molecule has 6 rings (SSSR count). The molecule has 0 bridgehead atoms. The van der Waals surface area contributed by atoms with Crippen LogP contribution in [0.5, 0.6) is 11.5 Å². The van der Waals surface area contributed by atoms with Crippen molar-refractivity contribution in [1.29, 1.82) is 0 Å². The normalized spacial score (nSPS) is 19.4. The van der Waals surface area contributed by atoms with Crippen LogP contribution in [0.4, 0.5) is 11.4 Å². The number of allylic oxidation sites excluding steroid dienone is 2. The van der Waals surface area contributed by atoms with Gasteiger partial charge < -0.3 is 14.8 Å². The predicted molar refractivity (Wildman–Crippen MR) is 163 cm³/mol. The maximum absolute atomic E-state index is 6.59. The van der Waals surface area contributed by atoms with Gasteiger partial charge in [-0.05, 0) is 77.1 Å². The number of nitrogens with zero attached hydrogens (tertiary/aromatic N) is 1. The Hall–Kier alpha value is -3.54. The number of fused-ring (bicyclic) bond motifs is 3. The van der Waals surface area contributed by atoms with Gasteiger partial charge in [0.2, 0.25) is 0 Å². The minimum absolute atomic E-state index is 0.269. The summed E-state index contributed by atoms with van der Waals surface area (Å²) in [6.07, 6.45) is 7.57. The lowest BCUT2D eigenvalue weighted by Gasteiger charge is -2.37. The molecule has 0 radical (unpaired) electrons. The molecule has 0 amide bonds. The number of rotatable bonds is 7. The van der Waals surface area contributed by atoms with Crippen molar-refractivity contribution in [3.63, 3.8) is 0 Å². The van der Waals surface area contributed by atoms with Crippen molar-refractivity contribution < 1.29 is 9.47 Å². The van der Waals surface area contributed by atoms with Gasteiger partial charge in [0.25, 0.3) is 0 Å². The van der Waals surface area contributed by atoms with Gasteiger partial charge in [-0.15, -0.1) is 0 Å². The monoisotopic (exact) mass is 598 g/mol. The van der Waals surface area contributed by atoms with Crippen molar-refractivity contribution in [2.45, 2.75) is 25.0 Å². The second kappa shape index (κ2) is 11.3. The molecule has 1 heterocycles. The molecule has 4 aromatic carbocycles. The fraction of sp³-hybridized carbons (Fsp3) is 0.182. The van der Waals surface area contributed by atoms with E-state index in [1.807, 2.05) is 36.4 Å². The minimum atomic E-state index is 0.269. The summed E-state index contributed by atoms with van der Waals surface area (Å²) in [6.45, 7) is 0.391. The van der Waals surface area contributed by atoms with E-state index in [4.69, 9.17) is 26.1 Å². The Kier molecular flexibility index (Phi) is 7.45. The van der Waals surface area contributed by atoms with Crippen LogP contribution in [0.15, 0.2) is 107 Å². The maximum Gasteiger partial charge on any atom is 0.180 e. The zero-order chi connectivity index (χ0) is 26.8. The first kappa shape index (κ1) is 25.7. The molecule has 6 heteroatoms. The third kappa shape index (κ3) is 5.47. The van der Waals surface area contributed by atoms with Crippen molar-refractivity contribution in [2.24, 2.45) is 10.9 Å². The van der Waals surface area contributed by atoms with Gasteiger partial charge in [0, 0.05) is 22.3 Å². The Bertz CT molecular complexity index is 1530. The van der Waals surface area contributed by atoms with Crippen molar-refractivity contribution in [3.05, 3.63) is 129 Å². The van der Waals surface area contributed by atoms with Crippen molar-refractivity contribution in [2.75, 3.05) is 12.4 Å². The van der Waals surface area contributed by atoms with Crippen molar-refractivity contribution >= 4 is 45.1 Å². The largest absolute Gasteiger partial charge is 0.493 e. The van der Waals surface area contributed by atoms with Crippen LogP contribution in [-0.4, -0.2) is 13.3 Å². The van der Waals surface area contributed by atoms with Crippen LogP contribution in [0.2, 0.25) is 5.02 Å². The number of aliphatic imine (C=N–C) groups is 1. The van der Waals surface area contributed by atoms with E-state index >= 15 is 0 Å². The molecule has 0 aromatic heterocycles. The molecule has 0 unspecified atom stereocenters. The molecule has 0 fully saturated rings. The van der Waals surface area contributed by atoms with Crippen LogP contribution in [0.25, 0.3) is 0 Å². The van der Waals surface area contributed by atoms with Gasteiger partial charge in [-0.3, -0.25) is 4.99 Å². The number of hydrogen-bond donors (Lipinski definition) is 1. The molecular formula is C33H28BrClN2O2. The number of nitrogens with one attached hydrogen (secondary N) is 1. The number of anilines is 1. The topological polar surface area (TPSA) is 42.8 Å². The summed E-state index contributed by atoms with van der Waals surface area (Å²) >= 11 is 10.0. The molecule has 0 spiro atoms. The smallest absolute Gasteiger partial charge is 0.180 e. The van der Waals surface area contributed by atoms with E-state index in [0.717, 1.165) is 27.7 Å². The Morgan fingerprint density at radius 1 is 1.03 bits per heavy atom. The summed E-state index contributed by atoms with van der Waals surface area (Å²) < 4.78 is 12.6. The average Bonchev–Trinajstić information content (AvgIpc) is 3.46. The van der Waals surface area contributed by atoms with Crippen LogP contribution in [0.1, 0.15) is 40.6 Å². The lowest BCUT2D eigenvalue weighted by Crippen LogP contribution is -2.28. The van der Waals surface area contributed by atoms with Crippen LogP contribution >= 0.6 is 27.5 Å². The fourth-order valence-corrected chi connectivity index (χ4v) is 6.02. The summed E-state index contributed by atoms with van der Waals surface area (Å²) in [5, 5.41) is 4.27. The van der Waals surface area contributed by atoms with E-state index in [2.05, 4.69) is 81.9 Å². The van der Waals surface area contributed by atoms with E-state index in [-0.39, 0.29) is 6.04 Å². The molecule has 1 N–H and O–H groups in total. The molecule has 0 saturated carbocycles. The Morgan fingerprint density at radius 2 is 1.82 bits per heavy atom. The molecule has 196 valence electrons. The van der Waals surface area contributed by atoms with Crippen LogP contribution in [0, 0.1) is 5.92 Å². The van der Waals surface area contributed by atoms with Gasteiger partial charge in [0.1, 0.15) is 6.61 Å². The van der Waals surface area contributed by atoms with Gasteiger partial charge in [-0.2, -0.15) is 0 Å². The molecule has 4 nitrogen and oxygen atoms in total. The van der Waals surface area contributed by atoms with E-state index in [1.54, 1.807) is 13.3 Å². The number of benzene rings is 4. The van der Waals surface area contributed by atoms with E-state index in [9.17, 15) is 0 Å². The summed E-state index contributed by atoms with van der Waals surface area (Å²) in [5.41, 5.74) is 6.65. The Morgan fingerprint density at radius 3 is 2.62 bits per heavy atom. The van der Waals surface area contributed by atoms with Gasteiger partial charge >= 0.3 is 0 Å². The molecule has 3 atom stereocenters. The quantitative estimate of drug-likeness (QED) is 0.170. The van der Waals surface area contributed by atoms with Crippen LogP contribution in [0.3, 0.4) is 0 Å². The second-order valence-corrected chi connectivity index (χ2v) is 11.2. The summed E-state index contributed by atoms with van der Waals surface area (Å²) in [5.74, 6) is 2.07. The molecule has 4 aromatic rings. The fourth-order valence-electron chi connectivity index (χ4n) is 5.48. The number of para-hydroxylation sites is 1. The molecule has 0 saturated heterocycles. The van der Waals surface area contributed by atoms with Crippen molar-refractivity contribution in [3.8, 4) is 11.5 Å². The summed E-state index contributed by atoms with van der Waals surface area (Å²) in [6, 6.07) is 29.1. The van der Waals surface area contributed by atoms with Gasteiger partial charge in [0.15, 0.2) is 11.5 Å². The number of halogens is 2. The number of methoxy groups -OCH3 is 1. The van der Waals surface area contributed by atoms with E-state index in [1.165, 1.54) is 16.8 Å². The maximum atomic E-state index is 6.59. The summed E-state index contributed by atoms with van der Waals surface area (Å²) in [7, 11) is 1.61. The first-order valence-electron chi connectivity index (χ1n) is 13.0. The molecular weight excluding hydrogens is 572 g/mol. The molecule has 1 aliphatic heterocycles. The van der Waals surface area contributed by atoms with Gasteiger partial charge in [-0.25, -0.2) is 0 Å². The number of hydrogen-bond acceptors (Lipinski definition) is 4. The van der Waals surface area contributed by atoms with E-state index in [0.29, 0.717) is 35.0 Å². The average molecular weight is 600 g/mol. The zero-order valence-electron chi connectivity index (χ0n) is 21.5. The zero-order valence-corrected chi connectivity index (χ0v) is 23.8. The molecule has 1 aliphatic carbocycles. The third-order valence-electron chi connectivity index (χ3n) is 7.44. The van der Waals surface area contributed by atoms with Gasteiger partial charge in [0.05, 0.1) is 23.9 Å².